The lowest BCUT2D eigenvalue weighted by molar-refractivity contribution is -0.118. The quantitative estimate of drug-likeness (QED) is 0.686. The van der Waals surface area contributed by atoms with Crippen molar-refractivity contribution in [3.05, 3.63) is 18.2 Å². The molecule has 3 N–H and O–H groups in total. The van der Waals surface area contributed by atoms with E-state index >= 15 is 0 Å². The topological polar surface area (TPSA) is 79.8 Å². The molecule has 0 aliphatic carbocycles. The lowest BCUT2D eigenvalue weighted by Crippen LogP contribution is -2.43. The summed E-state index contributed by atoms with van der Waals surface area (Å²) in [6.45, 7) is 11.6. The van der Waals surface area contributed by atoms with Gasteiger partial charge in [-0.15, -0.1) is 0 Å². The fourth-order valence-corrected chi connectivity index (χ4v) is 3.05. The third-order valence-corrected chi connectivity index (χ3v) is 9.10. The van der Waals surface area contributed by atoms with Crippen LogP contribution in [0, 0.1) is 0 Å². The van der Waals surface area contributed by atoms with Gasteiger partial charge in [0.05, 0.1) is 18.4 Å². The molecule has 24 heavy (non-hydrogen) atoms. The van der Waals surface area contributed by atoms with Gasteiger partial charge < -0.3 is 24.9 Å². The molecule has 1 atom stereocenters. The number of ether oxygens (including phenoxy) is 1. The number of carbonyl (C=O) groups excluding carboxylic acids is 1. The number of hydrogen-bond donors (Lipinski definition) is 3. The third kappa shape index (κ3) is 4.72. The Morgan fingerprint density at radius 3 is 2.79 bits per heavy atom. The van der Waals surface area contributed by atoms with E-state index in [1.807, 2.05) is 6.07 Å². The second kappa shape index (κ2) is 7.12. The number of hydrogen-bond acceptors (Lipinski definition) is 5. The number of nitrogens with one attached hydrogen (secondary N) is 2. The van der Waals surface area contributed by atoms with E-state index in [2.05, 4.69) is 44.5 Å². The number of fused-ring (bicyclic) bond motifs is 1. The van der Waals surface area contributed by atoms with E-state index in [1.54, 1.807) is 12.1 Å². The number of aliphatic hydroxyl groups excluding tert-OH is 1. The van der Waals surface area contributed by atoms with Crippen LogP contribution in [0.1, 0.15) is 20.8 Å². The first-order valence-corrected chi connectivity index (χ1v) is 11.1. The first-order chi connectivity index (χ1) is 11.1. The molecule has 1 amide bonds. The van der Waals surface area contributed by atoms with E-state index < -0.39 is 14.4 Å². The van der Waals surface area contributed by atoms with Crippen molar-refractivity contribution in [1.82, 2.24) is 0 Å². The van der Waals surface area contributed by atoms with Gasteiger partial charge in [-0.2, -0.15) is 0 Å². The number of anilines is 2. The van der Waals surface area contributed by atoms with Crippen LogP contribution in [-0.2, 0) is 9.22 Å². The molecular weight excluding hydrogens is 324 g/mol. The zero-order chi connectivity index (χ0) is 18.0. The van der Waals surface area contributed by atoms with Crippen molar-refractivity contribution in [2.24, 2.45) is 0 Å². The van der Waals surface area contributed by atoms with Crippen molar-refractivity contribution >= 4 is 25.6 Å². The van der Waals surface area contributed by atoms with Crippen LogP contribution in [0.4, 0.5) is 11.4 Å². The van der Waals surface area contributed by atoms with Gasteiger partial charge in [0.1, 0.15) is 5.75 Å². The SMILES string of the molecule is CC(C)(C)[Si](C)(C)OC[C@@H](O)CNc1ccc2c(c1)NC(=O)CO2. The summed E-state index contributed by atoms with van der Waals surface area (Å²) in [5.74, 6) is 0.490. The summed E-state index contributed by atoms with van der Waals surface area (Å²) in [5, 5.41) is 16.2. The van der Waals surface area contributed by atoms with Crippen LogP contribution in [-0.4, -0.2) is 45.2 Å². The summed E-state index contributed by atoms with van der Waals surface area (Å²) in [5.41, 5.74) is 1.45. The summed E-state index contributed by atoms with van der Waals surface area (Å²) >= 11 is 0. The van der Waals surface area contributed by atoms with Crippen LogP contribution < -0.4 is 15.4 Å². The molecule has 7 heteroatoms. The normalized spacial score (nSPS) is 16.0. The van der Waals surface area contributed by atoms with E-state index in [1.165, 1.54) is 0 Å². The minimum absolute atomic E-state index is 0.0449. The predicted octanol–water partition coefficient (Wildman–Crippen LogP) is 2.81. The van der Waals surface area contributed by atoms with Crippen molar-refractivity contribution in [3.8, 4) is 5.75 Å². The van der Waals surface area contributed by atoms with Gasteiger partial charge >= 0.3 is 0 Å². The molecule has 0 radical (unpaired) electrons. The number of amides is 1. The van der Waals surface area contributed by atoms with Crippen molar-refractivity contribution in [2.75, 3.05) is 30.4 Å². The number of rotatable bonds is 6. The number of carbonyl (C=O) groups is 1. The van der Waals surface area contributed by atoms with Crippen LogP contribution >= 0.6 is 0 Å². The number of aliphatic hydroxyl groups is 1. The van der Waals surface area contributed by atoms with Gasteiger partial charge in [0.2, 0.25) is 0 Å². The molecule has 0 spiro atoms. The van der Waals surface area contributed by atoms with Crippen molar-refractivity contribution in [2.45, 2.75) is 45.0 Å². The van der Waals surface area contributed by atoms with Crippen LogP contribution in [0.2, 0.25) is 18.1 Å². The Balaban J connectivity index is 1.85. The predicted molar refractivity (Wildman–Crippen MR) is 98.2 cm³/mol. The molecule has 6 nitrogen and oxygen atoms in total. The van der Waals surface area contributed by atoms with E-state index in [9.17, 15) is 9.90 Å². The Kier molecular flexibility index (Phi) is 5.57. The molecule has 1 aliphatic rings. The minimum Gasteiger partial charge on any atom is -0.482 e. The van der Waals surface area contributed by atoms with Crippen LogP contribution in [0.15, 0.2) is 18.2 Å². The van der Waals surface area contributed by atoms with E-state index in [0.29, 0.717) is 24.6 Å². The first-order valence-electron chi connectivity index (χ1n) is 8.21. The van der Waals surface area contributed by atoms with Gasteiger partial charge in [-0.05, 0) is 36.3 Å². The zero-order valence-corrected chi connectivity index (χ0v) is 16.1. The molecule has 1 aromatic carbocycles. The maximum absolute atomic E-state index is 11.4. The molecule has 0 fully saturated rings. The highest BCUT2D eigenvalue weighted by atomic mass is 28.4. The maximum atomic E-state index is 11.4. The molecule has 0 unspecified atom stereocenters. The largest absolute Gasteiger partial charge is 0.482 e. The molecule has 134 valence electrons. The van der Waals surface area contributed by atoms with Crippen molar-refractivity contribution in [1.29, 1.82) is 0 Å². The molecule has 0 saturated carbocycles. The Morgan fingerprint density at radius 2 is 2.12 bits per heavy atom. The standard InChI is InChI=1S/C17H28N2O4Si/c1-17(2,3)24(4,5)23-10-13(20)9-18-12-6-7-15-14(8-12)19-16(21)11-22-15/h6-8,13,18,20H,9-11H2,1-5H3,(H,19,21)/t13-/m0/s1. The lowest BCUT2D eigenvalue weighted by atomic mass is 10.2. The van der Waals surface area contributed by atoms with Gasteiger partial charge in [0, 0.05) is 12.2 Å². The second-order valence-electron chi connectivity index (χ2n) is 7.65. The third-order valence-electron chi connectivity index (χ3n) is 4.60. The molecule has 0 bridgehead atoms. The van der Waals surface area contributed by atoms with Crippen LogP contribution in [0.25, 0.3) is 0 Å². The Morgan fingerprint density at radius 1 is 1.42 bits per heavy atom. The number of benzene rings is 1. The lowest BCUT2D eigenvalue weighted by Gasteiger charge is -2.36. The average molecular weight is 353 g/mol. The summed E-state index contributed by atoms with van der Waals surface area (Å²) in [6.07, 6.45) is -0.596. The highest BCUT2D eigenvalue weighted by Crippen LogP contribution is 2.36. The summed E-state index contributed by atoms with van der Waals surface area (Å²) in [7, 11) is -1.85. The zero-order valence-electron chi connectivity index (χ0n) is 15.1. The fraction of sp³-hybridized carbons (Fsp3) is 0.588. The molecule has 0 saturated heterocycles. The Hall–Kier alpha value is -1.57. The summed E-state index contributed by atoms with van der Waals surface area (Å²) in [6, 6.07) is 5.46. The van der Waals surface area contributed by atoms with Crippen LogP contribution in [0.5, 0.6) is 5.75 Å². The van der Waals surface area contributed by atoms with Gasteiger partial charge in [-0.25, -0.2) is 0 Å². The highest BCUT2D eigenvalue weighted by molar-refractivity contribution is 6.74. The minimum atomic E-state index is -1.85. The van der Waals surface area contributed by atoms with E-state index in [0.717, 1.165) is 5.69 Å². The summed E-state index contributed by atoms with van der Waals surface area (Å²) < 4.78 is 11.3. The Bertz CT molecular complexity index is 599. The van der Waals surface area contributed by atoms with E-state index in [-0.39, 0.29) is 17.6 Å². The van der Waals surface area contributed by atoms with Crippen LogP contribution in [0.3, 0.4) is 0 Å². The smallest absolute Gasteiger partial charge is 0.262 e. The molecule has 2 rings (SSSR count). The Labute approximate surface area is 144 Å². The molecule has 1 aliphatic heterocycles. The van der Waals surface area contributed by atoms with Gasteiger partial charge in [-0.1, -0.05) is 20.8 Å². The molecule has 1 heterocycles. The van der Waals surface area contributed by atoms with E-state index in [4.69, 9.17) is 9.16 Å². The maximum Gasteiger partial charge on any atom is 0.262 e. The average Bonchev–Trinajstić information content (AvgIpc) is 2.49. The fourth-order valence-electron chi connectivity index (χ4n) is 2.01. The van der Waals surface area contributed by atoms with Gasteiger partial charge in [-0.3, -0.25) is 4.79 Å². The van der Waals surface area contributed by atoms with Crippen molar-refractivity contribution in [3.63, 3.8) is 0 Å². The van der Waals surface area contributed by atoms with Crippen molar-refractivity contribution < 1.29 is 19.1 Å². The van der Waals surface area contributed by atoms with Gasteiger partial charge in [0.15, 0.2) is 14.9 Å². The second-order valence-corrected chi connectivity index (χ2v) is 12.5. The monoisotopic (exact) mass is 352 g/mol. The first kappa shape index (κ1) is 18.8. The molecule has 1 aromatic rings. The highest BCUT2D eigenvalue weighted by Gasteiger charge is 2.37. The summed E-state index contributed by atoms with van der Waals surface area (Å²) in [4.78, 5) is 11.4. The van der Waals surface area contributed by atoms with Gasteiger partial charge in [0.25, 0.3) is 5.91 Å². The molecule has 0 aromatic heterocycles. The molecular formula is C17H28N2O4Si.